The molecule has 2 aromatic carbocycles. The molecule has 2 rings (SSSR count). The summed E-state index contributed by atoms with van der Waals surface area (Å²) in [5.41, 5.74) is 1.54. The molecule has 0 atom stereocenters. The normalized spacial score (nSPS) is 10.6. The average Bonchev–Trinajstić information content (AvgIpc) is 2.44. The quantitative estimate of drug-likeness (QED) is 0.909. The van der Waals surface area contributed by atoms with Gasteiger partial charge in [-0.1, -0.05) is 18.2 Å². The first-order valence-electron chi connectivity index (χ1n) is 6.54. The van der Waals surface area contributed by atoms with Gasteiger partial charge in [0, 0.05) is 0 Å². The van der Waals surface area contributed by atoms with Gasteiger partial charge in [-0.15, -0.1) is 0 Å². The van der Waals surface area contributed by atoms with Gasteiger partial charge in [0.15, 0.2) is 0 Å². The maximum absolute atomic E-state index is 13.5. The molecule has 1 N–H and O–H groups in total. The number of hydrogen-bond donors (Lipinski definition) is 1. The zero-order chi connectivity index (χ0) is 16.1. The van der Waals surface area contributed by atoms with E-state index >= 15 is 0 Å². The number of amides is 1. The lowest BCUT2D eigenvalue weighted by Gasteiger charge is -2.08. The van der Waals surface area contributed by atoms with Crippen LogP contribution in [0.5, 0.6) is 5.75 Å². The molecule has 1 amide bonds. The molecular formula is C16H14F3NO2. The molecule has 0 bridgehead atoms. The van der Waals surface area contributed by atoms with Gasteiger partial charge in [-0.3, -0.25) is 4.79 Å². The average molecular weight is 309 g/mol. The van der Waals surface area contributed by atoms with E-state index in [9.17, 15) is 18.0 Å². The van der Waals surface area contributed by atoms with E-state index in [1.807, 2.05) is 0 Å². The van der Waals surface area contributed by atoms with Crippen molar-refractivity contribution < 1.29 is 22.7 Å². The molecular weight excluding hydrogens is 295 g/mol. The van der Waals surface area contributed by atoms with Crippen LogP contribution in [0.25, 0.3) is 0 Å². The lowest BCUT2D eigenvalue weighted by atomic mass is 10.1. The van der Waals surface area contributed by atoms with E-state index < -0.39 is 18.3 Å². The van der Waals surface area contributed by atoms with Crippen LogP contribution in [0.15, 0.2) is 42.5 Å². The number of nitrogens with one attached hydrogen (secondary N) is 1. The van der Waals surface area contributed by atoms with E-state index in [0.29, 0.717) is 5.56 Å². The highest BCUT2D eigenvalue weighted by molar-refractivity contribution is 5.92. The highest BCUT2D eigenvalue weighted by Crippen LogP contribution is 2.18. The minimum atomic E-state index is -2.89. The predicted octanol–water partition coefficient (Wildman–Crippen LogP) is 3.92. The number of carbonyl (C=O) groups is 1. The number of rotatable bonds is 5. The molecule has 2 aromatic rings. The van der Waals surface area contributed by atoms with Gasteiger partial charge in [-0.2, -0.15) is 8.78 Å². The van der Waals surface area contributed by atoms with Gasteiger partial charge >= 0.3 is 6.61 Å². The largest absolute Gasteiger partial charge is 0.435 e. The van der Waals surface area contributed by atoms with Crippen LogP contribution in [-0.4, -0.2) is 12.5 Å². The van der Waals surface area contributed by atoms with Crippen LogP contribution < -0.4 is 10.1 Å². The molecule has 0 saturated heterocycles. The summed E-state index contributed by atoms with van der Waals surface area (Å²) in [7, 11) is 0. The Morgan fingerprint density at radius 2 is 1.86 bits per heavy atom. The summed E-state index contributed by atoms with van der Waals surface area (Å²) < 4.78 is 41.8. The first kappa shape index (κ1) is 15.9. The van der Waals surface area contributed by atoms with E-state index in [-0.39, 0.29) is 17.9 Å². The summed E-state index contributed by atoms with van der Waals surface area (Å²) in [6.07, 6.45) is 0.00232. The highest BCUT2D eigenvalue weighted by atomic mass is 19.3. The van der Waals surface area contributed by atoms with Crippen LogP contribution in [0.4, 0.5) is 18.9 Å². The number of anilines is 1. The number of carbonyl (C=O) groups excluding carboxylic acids is 1. The number of halogens is 3. The molecule has 3 nitrogen and oxygen atoms in total. The smallest absolute Gasteiger partial charge is 0.387 e. The molecule has 0 spiro atoms. The van der Waals surface area contributed by atoms with Crippen LogP contribution in [0.2, 0.25) is 0 Å². The molecule has 116 valence electrons. The Morgan fingerprint density at radius 1 is 1.18 bits per heavy atom. The second-order valence-corrected chi connectivity index (χ2v) is 4.73. The molecule has 0 unspecified atom stereocenters. The number of aryl methyl sites for hydroxylation is 1. The molecule has 0 saturated carbocycles. The Kier molecular flexibility index (Phi) is 5.04. The fourth-order valence-electron chi connectivity index (χ4n) is 1.90. The van der Waals surface area contributed by atoms with E-state index in [0.717, 1.165) is 5.56 Å². The van der Waals surface area contributed by atoms with Crippen LogP contribution in [0, 0.1) is 12.7 Å². The van der Waals surface area contributed by atoms with Crippen molar-refractivity contribution in [3.63, 3.8) is 0 Å². The second kappa shape index (κ2) is 6.98. The zero-order valence-electron chi connectivity index (χ0n) is 11.8. The number of ether oxygens (including phenoxy) is 1. The molecule has 0 aliphatic carbocycles. The molecule has 0 radical (unpaired) electrons. The monoisotopic (exact) mass is 309 g/mol. The Balaban J connectivity index is 1.98. The first-order chi connectivity index (χ1) is 10.4. The van der Waals surface area contributed by atoms with Crippen molar-refractivity contribution in [3.05, 3.63) is 59.4 Å². The first-order valence-corrected chi connectivity index (χ1v) is 6.54. The van der Waals surface area contributed by atoms with Gasteiger partial charge in [0.25, 0.3) is 0 Å². The van der Waals surface area contributed by atoms with Crippen LogP contribution >= 0.6 is 0 Å². The van der Waals surface area contributed by atoms with Crippen LogP contribution in [-0.2, 0) is 11.2 Å². The van der Waals surface area contributed by atoms with Crippen molar-refractivity contribution >= 4 is 11.6 Å². The molecule has 6 heteroatoms. The molecule has 0 heterocycles. The Bertz CT molecular complexity index is 657. The summed E-state index contributed by atoms with van der Waals surface area (Å²) >= 11 is 0. The van der Waals surface area contributed by atoms with Gasteiger partial charge < -0.3 is 10.1 Å². The van der Waals surface area contributed by atoms with Crippen molar-refractivity contribution in [2.75, 3.05) is 5.32 Å². The van der Waals surface area contributed by atoms with Gasteiger partial charge in [-0.25, -0.2) is 4.39 Å². The van der Waals surface area contributed by atoms with Gasteiger partial charge in [-0.05, 0) is 42.3 Å². The lowest BCUT2D eigenvalue weighted by Crippen LogP contribution is -2.15. The summed E-state index contributed by atoms with van der Waals surface area (Å²) in [5, 5.41) is 2.48. The summed E-state index contributed by atoms with van der Waals surface area (Å²) in [6.45, 7) is -1.10. The number of alkyl halides is 2. The molecule has 0 aliphatic rings. The minimum absolute atomic E-state index is 0.00232. The number of hydrogen-bond acceptors (Lipinski definition) is 2. The lowest BCUT2D eigenvalue weighted by molar-refractivity contribution is -0.115. The van der Waals surface area contributed by atoms with Crippen molar-refractivity contribution in [1.29, 1.82) is 0 Å². The van der Waals surface area contributed by atoms with Gasteiger partial charge in [0.05, 0.1) is 12.1 Å². The van der Waals surface area contributed by atoms with Crippen molar-refractivity contribution in [2.24, 2.45) is 0 Å². The topological polar surface area (TPSA) is 38.3 Å². The molecule has 0 aromatic heterocycles. The predicted molar refractivity (Wildman–Crippen MR) is 76.5 cm³/mol. The second-order valence-electron chi connectivity index (χ2n) is 4.73. The van der Waals surface area contributed by atoms with Crippen LogP contribution in [0.1, 0.15) is 11.1 Å². The molecule has 22 heavy (non-hydrogen) atoms. The third-order valence-corrected chi connectivity index (χ3v) is 2.91. The Hall–Kier alpha value is -2.50. The van der Waals surface area contributed by atoms with Gasteiger partial charge in [0.1, 0.15) is 11.6 Å². The van der Waals surface area contributed by atoms with E-state index in [1.165, 1.54) is 36.4 Å². The van der Waals surface area contributed by atoms with Crippen LogP contribution in [0.3, 0.4) is 0 Å². The summed E-state index contributed by atoms with van der Waals surface area (Å²) in [4.78, 5) is 11.9. The fourth-order valence-corrected chi connectivity index (χ4v) is 1.90. The third-order valence-electron chi connectivity index (χ3n) is 2.91. The SMILES string of the molecule is Cc1ccc(F)c(NC(=O)Cc2ccc(OC(F)F)cc2)c1. The molecule has 0 fully saturated rings. The maximum Gasteiger partial charge on any atom is 0.387 e. The van der Waals surface area contributed by atoms with E-state index in [2.05, 4.69) is 10.1 Å². The van der Waals surface area contributed by atoms with E-state index in [4.69, 9.17) is 0 Å². The highest BCUT2D eigenvalue weighted by Gasteiger charge is 2.09. The van der Waals surface area contributed by atoms with E-state index in [1.54, 1.807) is 13.0 Å². The van der Waals surface area contributed by atoms with Gasteiger partial charge in [0.2, 0.25) is 5.91 Å². The summed E-state index contributed by atoms with van der Waals surface area (Å²) in [6, 6.07) is 10.1. The Morgan fingerprint density at radius 3 is 2.50 bits per heavy atom. The summed E-state index contributed by atoms with van der Waals surface area (Å²) in [5.74, 6) is -0.893. The third kappa shape index (κ3) is 4.51. The Labute approximate surface area is 125 Å². The zero-order valence-corrected chi connectivity index (χ0v) is 11.8. The van der Waals surface area contributed by atoms with Crippen molar-refractivity contribution in [2.45, 2.75) is 20.0 Å². The number of benzene rings is 2. The minimum Gasteiger partial charge on any atom is -0.435 e. The van der Waals surface area contributed by atoms with Crippen molar-refractivity contribution in [3.8, 4) is 5.75 Å². The van der Waals surface area contributed by atoms with Crippen molar-refractivity contribution in [1.82, 2.24) is 0 Å². The fraction of sp³-hybridized carbons (Fsp3) is 0.188. The molecule has 0 aliphatic heterocycles. The standard InChI is InChI=1S/C16H14F3NO2/c1-10-2-7-13(17)14(8-10)20-15(21)9-11-3-5-12(6-4-11)22-16(18)19/h2-8,16H,9H2,1H3,(H,20,21). The maximum atomic E-state index is 13.5.